The third kappa shape index (κ3) is 5.67. The number of anilines is 1. The molecule has 1 unspecified atom stereocenters. The molecule has 3 heteroatoms. The van der Waals surface area contributed by atoms with Gasteiger partial charge in [0.15, 0.2) is 8.32 Å². The minimum Gasteiger partial charge on any atom is -0.417 e. The predicted octanol–water partition coefficient (Wildman–Crippen LogP) is 5.15. The molecule has 0 aliphatic heterocycles. The smallest absolute Gasteiger partial charge is 0.191 e. The van der Waals surface area contributed by atoms with Crippen molar-refractivity contribution >= 4 is 14.0 Å². The van der Waals surface area contributed by atoms with Gasteiger partial charge in [0.05, 0.1) is 0 Å². The van der Waals surface area contributed by atoms with E-state index >= 15 is 0 Å². The third-order valence-corrected chi connectivity index (χ3v) is 8.85. The first kappa shape index (κ1) is 17.2. The van der Waals surface area contributed by atoms with E-state index in [-0.39, 0.29) is 0 Å². The highest BCUT2D eigenvalue weighted by Crippen LogP contribution is 2.36. The Labute approximate surface area is 126 Å². The molecule has 114 valence electrons. The molecular weight excluding hydrogens is 262 g/mol. The second kappa shape index (κ2) is 7.28. The zero-order valence-electron chi connectivity index (χ0n) is 14.0. The van der Waals surface area contributed by atoms with Gasteiger partial charge in [-0.05, 0) is 42.6 Å². The van der Waals surface area contributed by atoms with Gasteiger partial charge in [0.2, 0.25) is 0 Å². The second-order valence-electron chi connectivity index (χ2n) is 7.25. The van der Waals surface area contributed by atoms with E-state index in [0.29, 0.717) is 11.0 Å². The molecule has 20 heavy (non-hydrogen) atoms. The van der Waals surface area contributed by atoms with Crippen LogP contribution in [-0.2, 0) is 4.43 Å². The fourth-order valence-electron chi connectivity index (χ4n) is 1.68. The van der Waals surface area contributed by atoms with Gasteiger partial charge in [0.1, 0.15) is 0 Å². The topological polar surface area (TPSA) is 21.3 Å². The largest absolute Gasteiger partial charge is 0.417 e. The van der Waals surface area contributed by atoms with Gasteiger partial charge >= 0.3 is 0 Å². The molecule has 0 aliphatic carbocycles. The lowest BCUT2D eigenvalue weighted by Crippen LogP contribution is -2.41. The SMILES string of the molecule is CC(CCO[Si](C)(C)C(C)(C)C)CNc1ccccc1. The van der Waals surface area contributed by atoms with E-state index in [1.54, 1.807) is 0 Å². The Kier molecular flexibility index (Phi) is 6.27. The van der Waals surface area contributed by atoms with E-state index in [1.165, 1.54) is 5.69 Å². The molecule has 0 saturated heterocycles. The standard InChI is InChI=1S/C17H31NOSi/c1-15(14-18-16-10-8-7-9-11-16)12-13-19-20(5,6)17(2,3)4/h7-11,15,18H,12-14H2,1-6H3. The summed E-state index contributed by atoms with van der Waals surface area (Å²) < 4.78 is 6.23. The average Bonchev–Trinajstić information content (AvgIpc) is 2.36. The third-order valence-electron chi connectivity index (χ3n) is 4.31. The zero-order valence-corrected chi connectivity index (χ0v) is 15.0. The van der Waals surface area contributed by atoms with Crippen molar-refractivity contribution in [2.24, 2.45) is 5.92 Å². The lowest BCUT2D eigenvalue weighted by molar-refractivity contribution is 0.263. The summed E-state index contributed by atoms with van der Waals surface area (Å²) >= 11 is 0. The molecule has 0 saturated carbocycles. The number of rotatable bonds is 7. The second-order valence-corrected chi connectivity index (χ2v) is 12.1. The quantitative estimate of drug-likeness (QED) is 0.702. The van der Waals surface area contributed by atoms with Crippen LogP contribution >= 0.6 is 0 Å². The van der Waals surface area contributed by atoms with Gasteiger partial charge in [0, 0.05) is 18.8 Å². The maximum atomic E-state index is 6.23. The van der Waals surface area contributed by atoms with Crippen molar-refractivity contribution in [2.75, 3.05) is 18.5 Å². The predicted molar refractivity (Wildman–Crippen MR) is 91.9 cm³/mol. The van der Waals surface area contributed by atoms with Crippen molar-refractivity contribution in [3.63, 3.8) is 0 Å². The molecule has 1 atom stereocenters. The van der Waals surface area contributed by atoms with Gasteiger partial charge in [-0.3, -0.25) is 0 Å². The number of nitrogens with one attached hydrogen (secondary N) is 1. The molecule has 0 amide bonds. The summed E-state index contributed by atoms with van der Waals surface area (Å²) in [6, 6.07) is 10.4. The monoisotopic (exact) mass is 293 g/mol. The minimum atomic E-state index is -1.58. The highest BCUT2D eigenvalue weighted by Gasteiger charge is 2.36. The molecular formula is C17H31NOSi. The first-order valence-corrected chi connectivity index (χ1v) is 10.6. The van der Waals surface area contributed by atoms with E-state index in [4.69, 9.17) is 4.43 Å². The van der Waals surface area contributed by atoms with Crippen LogP contribution in [0.2, 0.25) is 18.1 Å². The van der Waals surface area contributed by atoms with Crippen molar-refractivity contribution in [1.29, 1.82) is 0 Å². The van der Waals surface area contributed by atoms with Crippen LogP contribution in [0.25, 0.3) is 0 Å². The fourth-order valence-corrected chi connectivity index (χ4v) is 2.74. The summed E-state index contributed by atoms with van der Waals surface area (Å²) in [7, 11) is -1.58. The number of hydrogen-bond donors (Lipinski definition) is 1. The van der Waals surface area contributed by atoms with E-state index < -0.39 is 8.32 Å². The summed E-state index contributed by atoms with van der Waals surface area (Å²) in [5.41, 5.74) is 1.20. The lowest BCUT2D eigenvalue weighted by Gasteiger charge is -2.36. The summed E-state index contributed by atoms with van der Waals surface area (Å²) in [5.74, 6) is 0.625. The average molecular weight is 294 g/mol. The van der Waals surface area contributed by atoms with Crippen molar-refractivity contribution in [3.8, 4) is 0 Å². The number of hydrogen-bond acceptors (Lipinski definition) is 2. The zero-order chi connectivity index (χ0) is 15.2. The minimum absolute atomic E-state index is 0.304. The van der Waals surface area contributed by atoms with Crippen LogP contribution < -0.4 is 5.32 Å². The first-order valence-electron chi connectivity index (χ1n) is 7.65. The molecule has 1 rings (SSSR count). The van der Waals surface area contributed by atoms with Crippen molar-refractivity contribution < 1.29 is 4.43 Å². The number of benzene rings is 1. The first-order chi connectivity index (χ1) is 9.22. The highest BCUT2D eigenvalue weighted by molar-refractivity contribution is 6.74. The summed E-state index contributed by atoms with van der Waals surface area (Å²) in [6.45, 7) is 15.7. The highest BCUT2D eigenvalue weighted by atomic mass is 28.4. The van der Waals surface area contributed by atoms with Crippen LogP contribution in [0, 0.1) is 5.92 Å². The van der Waals surface area contributed by atoms with Gasteiger partial charge in [0.25, 0.3) is 0 Å². The maximum Gasteiger partial charge on any atom is 0.191 e. The van der Waals surface area contributed by atoms with Crippen LogP contribution in [0.4, 0.5) is 5.69 Å². The Morgan fingerprint density at radius 2 is 1.75 bits per heavy atom. The lowest BCUT2D eigenvalue weighted by atomic mass is 10.1. The molecule has 0 spiro atoms. The van der Waals surface area contributed by atoms with E-state index in [9.17, 15) is 0 Å². The Hall–Kier alpha value is -0.803. The summed E-state index contributed by atoms with van der Waals surface area (Å²) in [4.78, 5) is 0. The molecule has 0 fully saturated rings. The molecule has 0 aromatic heterocycles. The molecule has 0 heterocycles. The number of para-hydroxylation sites is 1. The van der Waals surface area contributed by atoms with Crippen molar-refractivity contribution in [3.05, 3.63) is 30.3 Å². The maximum absolute atomic E-state index is 6.23. The van der Waals surface area contributed by atoms with Crippen molar-refractivity contribution in [2.45, 2.75) is 52.2 Å². The van der Waals surface area contributed by atoms with Gasteiger partial charge < -0.3 is 9.74 Å². The molecule has 0 bridgehead atoms. The molecule has 1 aromatic carbocycles. The van der Waals surface area contributed by atoms with Crippen LogP contribution in [0.1, 0.15) is 34.1 Å². The van der Waals surface area contributed by atoms with Crippen LogP contribution in [-0.4, -0.2) is 21.5 Å². The van der Waals surface area contributed by atoms with Gasteiger partial charge in [-0.1, -0.05) is 45.9 Å². The Morgan fingerprint density at radius 3 is 2.30 bits per heavy atom. The van der Waals surface area contributed by atoms with Crippen LogP contribution in [0.15, 0.2) is 30.3 Å². The fraction of sp³-hybridized carbons (Fsp3) is 0.647. The molecule has 0 radical (unpaired) electrons. The van der Waals surface area contributed by atoms with Crippen LogP contribution in [0.3, 0.4) is 0 Å². The van der Waals surface area contributed by atoms with E-state index in [1.807, 2.05) is 6.07 Å². The molecule has 1 N–H and O–H groups in total. The summed E-state index contributed by atoms with van der Waals surface area (Å²) in [6.07, 6.45) is 1.12. The normalized spacial score (nSPS) is 14.1. The van der Waals surface area contributed by atoms with E-state index in [0.717, 1.165) is 19.6 Å². The molecule has 0 aliphatic rings. The van der Waals surface area contributed by atoms with Gasteiger partial charge in [-0.15, -0.1) is 0 Å². The molecule has 1 aromatic rings. The summed E-state index contributed by atoms with van der Waals surface area (Å²) in [5, 5.41) is 3.78. The Balaban J connectivity index is 2.25. The Morgan fingerprint density at radius 1 is 1.15 bits per heavy atom. The Bertz CT molecular complexity index is 384. The van der Waals surface area contributed by atoms with Gasteiger partial charge in [-0.25, -0.2) is 0 Å². The van der Waals surface area contributed by atoms with E-state index in [2.05, 4.69) is 70.4 Å². The van der Waals surface area contributed by atoms with Gasteiger partial charge in [-0.2, -0.15) is 0 Å². The molecule has 2 nitrogen and oxygen atoms in total. The van der Waals surface area contributed by atoms with Crippen molar-refractivity contribution in [1.82, 2.24) is 0 Å². The van der Waals surface area contributed by atoms with Crippen LogP contribution in [0.5, 0.6) is 0 Å².